The molecule has 1 fully saturated rings. The van der Waals surface area contributed by atoms with Crippen molar-refractivity contribution in [1.82, 2.24) is 9.47 Å². The van der Waals surface area contributed by atoms with Crippen molar-refractivity contribution in [3.63, 3.8) is 0 Å². The molecular formula is C26H27FN2O5. The molecular weight excluding hydrogens is 439 g/mol. The van der Waals surface area contributed by atoms with E-state index < -0.39 is 29.4 Å². The summed E-state index contributed by atoms with van der Waals surface area (Å²) in [6, 6.07) is 10.7. The van der Waals surface area contributed by atoms with Crippen LogP contribution in [0, 0.1) is 5.92 Å². The highest BCUT2D eigenvalue weighted by atomic mass is 19.1. The molecule has 1 aliphatic heterocycles. The molecule has 0 radical (unpaired) electrons. The van der Waals surface area contributed by atoms with Crippen LogP contribution in [0.3, 0.4) is 0 Å². The first-order valence-corrected chi connectivity index (χ1v) is 11.2. The minimum Gasteiger partial charge on any atom is -0.481 e. The van der Waals surface area contributed by atoms with E-state index in [0.29, 0.717) is 13.0 Å². The Morgan fingerprint density at radius 3 is 2.53 bits per heavy atom. The van der Waals surface area contributed by atoms with Crippen molar-refractivity contribution in [3.05, 3.63) is 82.6 Å². The average molecular weight is 467 g/mol. The Labute approximate surface area is 196 Å². The molecule has 0 saturated carbocycles. The maximum Gasteiger partial charge on any atom is 0.410 e. The monoisotopic (exact) mass is 466 g/mol. The predicted octanol–water partition coefficient (Wildman–Crippen LogP) is 4.60. The first kappa shape index (κ1) is 23.5. The standard InChI is InChI=1S/C26H27FN2O5/c1-17(18-6-8-19(9-7-18)20-10-11-23(30)28(2)16-20)29-13-12-26(15-24(31)32,34-25(29)33)21-4-3-5-22(27)14-21/h3,5-11,14,16-17,21H,4,12-13,15H2,1-2H3,(H,31,32)/t17-,21?,26-/m0/s1. The summed E-state index contributed by atoms with van der Waals surface area (Å²) >= 11 is 0. The molecule has 1 aromatic heterocycles. The van der Waals surface area contributed by atoms with E-state index in [9.17, 15) is 23.9 Å². The number of hydrogen-bond acceptors (Lipinski definition) is 4. The molecule has 4 rings (SSSR count). The van der Waals surface area contributed by atoms with Gasteiger partial charge in [-0.3, -0.25) is 9.59 Å². The minimum atomic E-state index is -1.28. The Balaban J connectivity index is 1.51. The highest BCUT2D eigenvalue weighted by molar-refractivity contribution is 5.73. The van der Waals surface area contributed by atoms with Crippen LogP contribution in [0.2, 0.25) is 0 Å². The third-order valence-electron chi connectivity index (χ3n) is 6.73. The number of hydrogen-bond donors (Lipinski definition) is 1. The van der Waals surface area contributed by atoms with Crippen LogP contribution in [0.4, 0.5) is 9.18 Å². The maximum atomic E-state index is 13.9. The number of pyridine rings is 1. The quantitative estimate of drug-likeness (QED) is 0.672. The van der Waals surface area contributed by atoms with E-state index in [1.807, 2.05) is 31.2 Å². The third kappa shape index (κ3) is 4.66. The summed E-state index contributed by atoms with van der Waals surface area (Å²) in [4.78, 5) is 37.8. The van der Waals surface area contributed by atoms with Gasteiger partial charge in [0, 0.05) is 38.2 Å². The van der Waals surface area contributed by atoms with Crippen molar-refractivity contribution in [2.45, 2.75) is 37.8 Å². The zero-order valence-corrected chi connectivity index (χ0v) is 19.1. The van der Waals surface area contributed by atoms with E-state index in [4.69, 9.17) is 4.74 Å². The normalized spacial score (nSPS) is 23.3. The lowest BCUT2D eigenvalue weighted by Gasteiger charge is -2.46. The Bertz CT molecular complexity index is 1220. The van der Waals surface area contributed by atoms with Crippen LogP contribution in [-0.2, 0) is 16.6 Å². The van der Waals surface area contributed by atoms with E-state index in [-0.39, 0.29) is 24.4 Å². The summed E-state index contributed by atoms with van der Waals surface area (Å²) in [5.41, 5.74) is 1.36. The van der Waals surface area contributed by atoms with Crippen LogP contribution in [0.1, 0.15) is 37.8 Å². The second-order valence-electron chi connectivity index (χ2n) is 8.91. The molecule has 0 spiro atoms. The first-order valence-electron chi connectivity index (χ1n) is 11.2. The molecule has 8 heteroatoms. The summed E-state index contributed by atoms with van der Waals surface area (Å²) in [6.45, 7) is 2.18. The minimum absolute atomic E-state index is 0.0842. The van der Waals surface area contributed by atoms with Gasteiger partial charge < -0.3 is 19.3 Å². The molecule has 1 unspecified atom stereocenters. The number of carboxylic acids is 1. The van der Waals surface area contributed by atoms with Crippen molar-refractivity contribution in [3.8, 4) is 11.1 Å². The summed E-state index contributed by atoms with van der Waals surface area (Å²) in [5, 5.41) is 9.46. The molecule has 0 bridgehead atoms. The number of allylic oxidation sites excluding steroid dienone is 3. The van der Waals surface area contributed by atoms with Gasteiger partial charge in [0.2, 0.25) is 5.56 Å². The molecule has 1 aromatic carbocycles. The molecule has 2 aromatic rings. The highest BCUT2D eigenvalue weighted by Gasteiger charge is 2.48. The van der Waals surface area contributed by atoms with Gasteiger partial charge in [0.15, 0.2) is 0 Å². The lowest BCUT2D eigenvalue weighted by atomic mass is 9.77. The maximum absolute atomic E-state index is 13.9. The molecule has 1 N–H and O–H groups in total. The second-order valence-corrected chi connectivity index (χ2v) is 8.91. The topological polar surface area (TPSA) is 88.8 Å². The third-order valence-corrected chi connectivity index (χ3v) is 6.73. The Morgan fingerprint density at radius 1 is 1.21 bits per heavy atom. The van der Waals surface area contributed by atoms with Gasteiger partial charge in [0.1, 0.15) is 11.4 Å². The van der Waals surface area contributed by atoms with Crippen molar-refractivity contribution in [1.29, 1.82) is 0 Å². The van der Waals surface area contributed by atoms with Crippen molar-refractivity contribution in [2.24, 2.45) is 13.0 Å². The number of rotatable bonds is 6. The van der Waals surface area contributed by atoms with Gasteiger partial charge in [-0.2, -0.15) is 0 Å². The molecule has 34 heavy (non-hydrogen) atoms. The second kappa shape index (κ2) is 9.29. The molecule has 1 saturated heterocycles. The van der Waals surface area contributed by atoms with Crippen LogP contribution in [0.25, 0.3) is 11.1 Å². The number of halogens is 1. The van der Waals surface area contributed by atoms with Crippen LogP contribution < -0.4 is 5.56 Å². The number of aryl methyl sites for hydroxylation is 1. The highest BCUT2D eigenvalue weighted by Crippen LogP contribution is 2.41. The largest absolute Gasteiger partial charge is 0.481 e. The number of nitrogens with zero attached hydrogens (tertiary/aromatic N) is 2. The van der Waals surface area contributed by atoms with Crippen molar-refractivity contribution >= 4 is 12.1 Å². The molecule has 3 atom stereocenters. The summed E-state index contributed by atoms with van der Waals surface area (Å²) < 4.78 is 21.2. The van der Waals surface area contributed by atoms with Gasteiger partial charge in [0.05, 0.1) is 12.5 Å². The van der Waals surface area contributed by atoms with Crippen LogP contribution in [0.5, 0.6) is 0 Å². The fourth-order valence-corrected chi connectivity index (χ4v) is 4.72. The van der Waals surface area contributed by atoms with E-state index in [1.165, 1.54) is 22.8 Å². The number of carboxylic acid groups (broad SMARTS) is 1. The average Bonchev–Trinajstić information content (AvgIpc) is 2.80. The smallest absolute Gasteiger partial charge is 0.410 e. The Kier molecular flexibility index (Phi) is 6.41. The summed E-state index contributed by atoms with van der Waals surface area (Å²) in [6.07, 6.45) is 5.81. The zero-order chi connectivity index (χ0) is 24.5. The molecule has 7 nitrogen and oxygen atoms in total. The molecule has 1 aliphatic carbocycles. The van der Waals surface area contributed by atoms with Gasteiger partial charge in [-0.25, -0.2) is 9.18 Å². The van der Waals surface area contributed by atoms with Crippen LogP contribution >= 0.6 is 0 Å². The first-order chi connectivity index (χ1) is 16.2. The fraction of sp³-hybridized carbons (Fsp3) is 0.346. The number of ether oxygens (including phenoxy) is 1. The molecule has 2 heterocycles. The summed E-state index contributed by atoms with van der Waals surface area (Å²) in [7, 11) is 1.70. The van der Waals surface area contributed by atoms with E-state index in [0.717, 1.165) is 16.7 Å². The van der Waals surface area contributed by atoms with Crippen LogP contribution in [0.15, 0.2) is 71.4 Å². The number of benzene rings is 1. The van der Waals surface area contributed by atoms with E-state index >= 15 is 0 Å². The fourth-order valence-electron chi connectivity index (χ4n) is 4.72. The Hall–Kier alpha value is -3.68. The Morgan fingerprint density at radius 2 is 1.91 bits per heavy atom. The van der Waals surface area contributed by atoms with Gasteiger partial charge in [-0.15, -0.1) is 0 Å². The van der Waals surface area contributed by atoms with Crippen LogP contribution in [-0.4, -0.2) is 38.8 Å². The van der Waals surface area contributed by atoms with Gasteiger partial charge >= 0.3 is 12.1 Å². The summed E-state index contributed by atoms with van der Waals surface area (Å²) in [5.74, 6) is -2.07. The molecule has 178 valence electrons. The van der Waals surface area contributed by atoms with E-state index in [1.54, 1.807) is 30.3 Å². The number of aromatic nitrogens is 1. The number of aliphatic carboxylic acids is 1. The molecule has 2 aliphatic rings. The number of cyclic esters (lactones) is 1. The van der Waals surface area contributed by atoms with E-state index in [2.05, 4.69) is 0 Å². The SMILES string of the molecule is C[C@@H](c1ccc(-c2ccc(=O)n(C)c2)cc1)N1CC[C@](CC(=O)O)(C2C=C(F)C=CC2)OC1=O. The van der Waals surface area contributed by atoms with Crippen molar-refractivity contribution in [2.75, 3.05) is 6.54 Å². The number of carbonyl (C=O) groups excluding carboxylic acids is 1. The van der Waals surface area contributed by atoms with Gasteiger partial charge in [0.25, 0.3) is 0 Å². The lowest BCUT2D eigenvalue weighted by molar-refractivity contribution is -0.148. The van der Waals surface area contributed by atoms with Gasteiger partial charge in [-0.05, 0) is 48.3 Å². The molecule has 1 amide bonds. The number of amides is 1. The zero-order valence-electron chi connectivity index (χ0n) is 19.1. The number of carbonyl (C=O) groups is 2. The predicted molar refractivity (Wildman–Crippen MR) is 125 cm³/mol. The van der Waals surface area contributed by atoms with Crippen molar-refractivity contribution < 1.29 is 23.8 Å². The lowest BCUT2D eigenvalue weighted by Crippen LogP contribution is -2.54. The van der Waals surface area contributed by atoms with Gasteiger partial charge in [-0.1, -0.05) is 30.3 Å².